The first kappa shape index (κ1) is 18.7. The van der Waals surface area contributed by atoms with Gasteiger partial charge in [-0.25, -0.2) is 9.53 Å². The van der Waals surface area contributed by atoms with Crippen molar-refractivity contribution in [1.82, 2.24) is 0 Å². The first-order chi connectivity index (χ1) is 8.40. The SMILES string of the molecule is O=C(O)C(F)(F)OC(F)(F)C(F)(F)C(F)(F)C(F)(F)F. The Labute approximate surface area is 100 Å². The van der Waals surface area contributed by atoms with Gasteiger partial charge < -0.3 is 5.11 Å². The lowest BCUT2D eigenvalue weighted by molar-refractivity contribution is -0.475. The lowest BCUT2D eigenvalue weighted by Gasteiger charge is -2.33. The third kappa shape index (κ3) is 2.88. The van der Waals surface area contributed by atoms with E-state index in [1.807, 2.05) is 0 Å². The van der Waals surface area contributed by atoms with Crippen molar-refractivity contribution in [1.29, 1.82) is 0 Å². The van der Waals surface area contributed by atoms with Gasteiger partial charge in [-0.15, -0.1) is 0 Å². The van der Waals surface area contributed by atoms with Crippen molar-refractivity contribution in [2.75, 3.05) is 0 Å². The average molecular weight is 330 g/mol. The Bertz CT molecular complexity index is 384. The van der Waals surface area contributed by atoms with E-state index in [0.29, 0.717) is 0 Å². The first-order valence-electron chi connectivity index (χ1n) is 3.91. The van der Waals surface area contributed by atoms with Crippen molar-refractivity contribution in [3.63, 3.8) is 0 Å². The molecule has 14 heteroatoms. The molecule has 0 aromatic carbocycles. The molecule has 0 aliphatic carbocycles. The molecule has 0 spiro atoms. The van der Waals surface area contributed by atoms with E-state index in [0.717, 1.165) is 0 Å². The van der Waals surface area contributed by atoms with Crippen LogP contribution in [0.15, 0.2) is 0 Å². The van der Waals surface area contributed by atoms with Gasteiger partial charge in [0.15, 0.2) is 0 Å². The van der Waals surface area contributed by atoms with Crippen LogP contribution in [0.1, 0.15) is 0 Å². The van der Waals surface area contributed by atoms with Gasteiger partial charge in [0.2, 0.25) is 0 Å². The summed E-state index contributed by atoms with van der Waals surface area (Å²) >= 11 is 0. The number of carboxylic acids is 1. The molecule has 3 nitrogen and oxygen atoms in total. The van der Waals surface area contributed by atoms with Crippen LogP contribution in [0.25, 0.3) is 0 Å². The third-order valence-electron chi connectivity index (χ3n) is 1.62. The summed E-state index contributed by atoms with van der Waals surface area (Å²) in [4.78, 5) is 9.61. The highest BCUT2D eigenvalue weighted by atomic mass is 19.4. The average Bonchev–Trinajstić information content (AvgIpc) is 2.12. The van der Waals surface area contributed by atoms with Gasteiger partial charge in [-0.1, -0.05) is 0 Å². The van der Waals surface area contributed by atoms with E-state index in [-0.39, 0.29) is 0 Å². The predicted octanol–water partition coefficient (Wildman–Crippen LogP) is 3.11. The van der Waals surface area contributed by atoms with Crippen LogP contribution in [0.3, 0.4) is 0 Å². The maximum atomic E-state index is 12.4. The minimum Gasteiger partial charge on any atom is -0.475 e. The molecule has 0 amide bonds. The quantitative estimate of drug-likeness (QED) is 0.788. The molecule has 0 aromatic rings. The smallest absolute Gasteiger partial charge is 0.460 e. The van der Waals surface area contributed by atoms with Gasteiger partial charge in [-0.2, -0.15) is 48.3 Å². The topological polar surface area (TPSA) is 46.5 Å². The number of hydrogen-bond donors (Lipinski definition) is 1. The molecule has 0 atom stereocenters. The van der Waals surface area contributed by atoms with Crippen molar-refractivity contribution in [3.05, 3.63) is 0 Å². The van der Waals surface area contributed by atoms with E-state index in [1.54, 1.807) is 4.74 Å². The third-order valence-corrected chi connectivity index (χ3v) is 1.62. The zero-order chi connectivity index (χ0) is 16.8. The van der Waals surface area contributed by atoms with Crippen molar-refractivity contribution in [3.8, 4) is 0 Å². The summed E-state index contributed by atoms with van der Waals surface area (Å²) in [5.41, 5.74) is 0. The number of carbonyl (C=O) groups is 1. The molecule has 0 aromatic heterocycles. The van der Waals surface area contributed by atoms with Crippen LogP contribution in [-0.4, -0.2) is 41.3 Å². The molecular formula is C6HF11O3. The monoisotopic (exact) mass is 330 g/mol. The summed E-state index contributed by atoms with van der Waals surface area (Å²) in [6.07, 6.45) is -20.5. The van der Waals surface area contributed by atoms with Crippen LogP contribution >= 0.6 is 0 Å². The highest BCUT2D eigenvalue weighted by Crippen LogP contribution is 2.54. The fourth-order valence-corrected chi connectivity index (χ4v) is 0.630. The summed E-state index contributed by atoms with van der Waals surface area (Å²) in [5.74, 6) is -18.6. The first-order valence-corrected chi connectivity index (χ1v) is 3.91. The van der Waals surface area contributed by atoms with Crippen LogP contribution in [0.2, 0.25) is 0 Å². The highest BCUT2D eigenvalue weighted by molar-refractivity contribution is 5.73. The summed E-state index contributed by atoms with van der Waals surface area (Å²) in [6.45, 7) is 0. The largest absolute Gasteiger partial charge is 0.475 e. The van der Waals surface area contributed by atoms with Gasteiger partial charge >= 0.3 is 36.2 Å². The van der Waals surface area contributed by atoms with E-state index >= 15 is 0 Å². The molecule has 0 saturated heterocycles. The van der Waals surface area contributed by atoms with Gasteiger partial charge in [0.05, 0.1) is 0 Å². The maximum absolute atomic E-state index is 12.4. The number of aliphatic carboxylic acids is 1. The molecule has 0 fully saturated rings. The van der Waals surface area contributed by atoms with Crippen LogP contribution in [0.4, 0.5) is 48.3 Å². The van der Waals surface area contributed by atoms with Gasteiger partial charge in [-0.05, 0) is 0 Å². The van der Waals surface area contributed by atoms with Gasteiger partial charge in [-0.3, -0.25) is 0 Å². The fourth-order valence-electron chi connectivity index (χ4n) is 0.630. The van der Waals surface area contributed by atoms with Crippen molar-refractivity contribution in [2.45, 2.75) is 30.2 Å². The predicted molar refractivity (Wildman–Crippen MR) is 34.6 cm³/mol. The second-order valence-electron chi connectivity index (χ2n) is 3.09. The van der Waals surface area contributed by atoms with E-state index in [1.165, 1.54) is 0 Å². The molecule has 0 radical (unpaired) electrons. The van der Waals surface area contributed by atoms with Gasteiger partial charge in [0, 0.05) is 0 Å². The molecule has 1 N–H and O–H groups in total. The van der Waals surface area contributed by atoms with Crippen LogP contribution < -0.4 is 0 Å². The number of halogens is 11. The number of carboxylic acid groups (broad SMARTS) is 1. The Morgan fingerprint density at radius 1 is 0.750 bits per heavy atom. The Balaban J connectivity index is 5.65. The van der Waals surface area contributed by atoms with E-state index in [2.05, 4.69) is 0 Å². The Morgan fingerprint density at radius 2 is 1.10 bits per heavy atom. The number of ether oxygens (including phenoxy) is 1. The molecule has 0 rings (SSSR count). The minimum atomic E-state index is -7.49. The number of alkyl halides is 11. The second-order valence-corrected chi connectivity index (χ2v) is 3.09. The second kappa shape index (κ2) is 4.60. The standard InChI is InChI=1S/C6HF11O3/c7-2(8,1(18)19)20-6(16,17)4(11,12)3(9,10)5(13,14)15/h(H,18,19). The lowest BCUT2D eigenvalue weighted by atomic mass is 10.1. The Hall–Kier alpha value is -1.34. The zero-order valence-electron chi connectivity index (χ0n) is 8.42. The van der Waals surface area contributed by atoms with Crippen molar-refractivity contribution >= 4 is 5.97 Å². The minimum absolute atomic E-state index is 1.64. The normalized spacial score (nSPS) is 15.3. The molecule has 0 bridgehead atoms. The summed E-state index contributed by atoms with van der Waals surface area (Å²) in [7, 11) is 0. The number of hydrogen-bond acceptors (Lipinski definition) is 2. The zero-order valence-corrected chi connectivity index (χ0v) is 8.42. The van der Waals surface area contributed by atoms with Crippen molar-refractivity contribution in [2.24, 2.45) is 0 Å². The summed E-state index contributed by atoms with van der Waals surface area (Å²) in [6, 6.07) is 0. The van der Waals surface area contributed by atoms with Crippen LogP contribution in [0, 0.1) is 0 Å². The highest BCUT2D eigenvalue weighted by Gasteiger charge is 2.84. The van der Waals surface area contributed by atoms with Crippen molar-refractivity contribution < 1.29 is 62.9 Å². The van der Waals surface area contributed by atoms with Gasteiger partial charge in [0.1, 0.15) is 0 Å². The van der Waals surface area contributed by atoms with E-state index in [9.17, 15) is 53.1 Å². The summed E-state index contributed by atoms with van der Waals surface area (Å²) < 4.78 is 134. The van der Waals surface area contributed by atoms with Crippen LogP contribution in [0.5, 0.6) is 0 Å². The molecule has 0 aliphatic rings. The molecular weight excluding hydrogens is 329 g/mol. The maximum Gasteiger partial charge on any atom is 0.460 e. The molecule has 0 heterocycles. The molecule has 0 aliphatic heterocycles. The molecule has 20 heavy (non-hydrogen) atoms. The number of rotatable bonds is 5. The molecule has 0 unspecified atom stereocenters. The lowest BCUT2D eigenvalue weighted by Crippen LogP contribution is -2.63. The van der Waals surface area contributed by atoms with Gasteiger partial charge in [0.25, 0.3) is 0 Å². The fraction of sp³-hybridized carbons (Fsp3) is 0.833. The Morgan fingerprint density at radius 3 is 1.35 bits per heavy atom. The van der Waals surface area contributed by atoms with E-state index < -0.39 is 36.2 Å². The van der Waals surface area contributed by atoms with Crippen LogP contribution in [-0.2, 0) is 9.53 Å². The molecule has 120 valence electrons. The summed E-state index contributed by atoms with van der Waals surface area (Å²) in [5, 5.41) is 7.57. The van der Waals surface area contributed by atoms with E-state index in [4.69, 9.17) is 5.11 Å². The molecule has 0 saturated carbocycles. The Kier molecular flexibility index (Phi) is 4.29.